The number of benzene rings is 2. The lowest BCUT2D eigenvalue weighted by Gasteiger charge is -2.12. The number of aliphatic imine (C=N–C) groups is 1. The number of ether oxygens (including phenoxy) is 1. The monoisotopic (exact) mass is 313 g/mol. The van der Waals surface area contributed by atoms with E-state index in [4.69, 9.17) is 4.74 Å². The lowest BCUT2D eigenvalue weighted by molar-refractivity contribution is 0.145. The quantitative estimate of drug-likeness (QED) is 0.447. The van der Waals surface area contributed by atoms with E-state index < -0.39 is 0 Å². The molecule has 0 fully saturated rings. The Morgan fingerprint density at radius 2 is 1.83 bits per heavy atom. The van der Waals surface area contributed by atoms with Crippen LogP contribution in [0.1, 0.15) is 18.9 Å². The molecule has 0 aromatic heterocycles. The fraction of sp³-hybridized carbons (Fsp3) is 0.421. The summed E-state index contributed by atoms with van der Waals surface area (Å²) in [5, 5.41) is 9.24. The fourth-order valence-corrected chi connectivity index (χ4v) is 2.47. The highest BCUT2D eigenvalue weighted by atomic mass is 16.5. The van der Waals surface area contributed by atoms with E-state index in [0.717, 1.165) is 45.1 Å². The summed E-state index contributed by atoms with van der Waals surface area (Å²) in [6.45, 7) is 5.32. The zero-order valence-corrected chi connectivity index (χ0v) is 14.1. The molecule has 0 unspecified atom stereocenters. The van der Waals surface area contributed by atoms with E-state index in [1.165, 1.54) is 16.3 Å². The lowest BCUT2D eigenvalue weighted by atomic mass is 10.1. The third-order valence-corrected chi connectivity index (χ3v) is 3.71. The normalized spacial score (nSPS) is 11.7. The number of nitrogens with one attached hydrogen (secondary N) is 2. The number of hydrogen-bond acceptors (Lipinski definition) is 2. The van der Waals surface area contributed by atoms with Crippen molar-refractivity contribution in [1.82, 2.24) is 10.6 Å². The molecule has 4 nitrogen and oxygen atoms in total. The van der Waals surface area contributed by atoms with Gasteiger partial charge in [-0.1, -0.05) is 42.5 Å². The molecule has 0 bridgehead atoms. The molecule has 0 radical (unpaired) electrons. The summed E-state index contributed by atoms with van der Waals surface area (Å²) in [7, 11) is 1.80. The van der Waals surface area contributed by atoms with E-state index in [2.05, 4.69) is 58.1 Å². The van der Waals surface area contributed by atoms with Gasteiger partial charge in [-0.2, -0.15) is 0 Å². The lowest BCUT2D eigenvalue weighted by Crippen LogP contribution is -2.39. The summed E-state index contributed by atoms with van der Waals surface area (Å²) >= 11 is 0. The van der Waals surface area contributed by atoms with E-state index >= 15 is 0 Å². The molecule has 2 rings (SSSR count). The van der Waals surface area contributed by atoms with Crippen LogP contribution in [0.3, 0.4) is 0 Å². The minimum absolute atomic E-state index is 0.777. The maximum atomic E-state index is 5.32. The topological polar surface area (TPSA) is 45.6 Å². The van der Waals surface area contributed by atoms with Gasteiger partial charge in [0.05, 0.1) is 0 Å². The Balaban J connectivity index is 1.73. The second-order valence-electron chi connectivity index (χ2n) is 5.41. The van der Waals surface area contributed by atoms with Gasteiger partial charge in [0.1, 0.15) is 0 Å². The van der Waals surface area contributed by atoms with Gasteiger partial charge in [-0.05, 0) is 36.1 Å². The first-order valence-electron chi connectivity index (χ1n) is 8.33. The zero-order chi connectivity index (χ0) is 16.3. The second-order valence-corrected chi connectivity index (χ2v) is 5.41. The van der Waals surface area contributed by atoms with E-state index in [1.807, 2.05) is 6.92 Å². The van der Waals surface area contributed by atoms with Gasteiger partial charge in [0.15, 0.2) is 5.96 Å². The molecule has 4 heteroatoms. The first-order chi connectivity index (χ1) is 11.3. The van der Waals surface area contributed by atoms with Crippen LogP contribution >= 0.6 is 0 Å². The van der Waals surface area contributed by atoms with Gasteiger partial charge in [0, 0.05) is 33.4 Å². The van der Waals surface area contributed by atoms with Crippen LogP contribution in [0.25, 0.3) is 10.8 Å². The fourth-order valence-electron chi connectivity index (χ4n) is 2.47. The summed E-state index contributed by atoms with van der Waals surface area (Å²) in [6, 6.07) is 15.1. The van der Waals surface area contributed by atoms with Crippen molar-refractivity contribution in [1.29, 1.82) is 0 Å². The van der Waals surface area contributed by atoms with Gasteiger partial charge in [-0.25, -0.2) is 0 Å². The maximum absolute atomic E-state index is 5.32. The molecule has 0 heterocycles. The molecule has 2 aromatic carbocycles. The van der Waals surface area contributed by atoms with Crippen LogP contribution in [0.2, 0.25) is 0 Å². The van der Waals surface area contributed by atoms with Crippen molar-refractivity contribution in [3.63, 3.8) is 0 Å². The molecule has 2 N–H and O–H groups in total. The van der Waals surface area contributed by atoms with E-state index in [0.29, 0.717) is 0 Å². The van der Waals surface area contributed by atoms with Crippen molar-refractivity contribution in [2.45, 2.75) is 19.8 Å². The minimum Gasteiger partial charge on any atom is -0.382 e. The smallest absolute Gasteiger partial charge is 0.190 e. The van der Waals surface area contributed by atoms with Crippen molar-refractivity contribution >= 4 is 16.7 Å². The van der Waals surface area contributed by atoms with Gasteiger partial charge >= 0.3 is 0 Å². The molecule has 0 saturated heterocycles. The van der Waals surface area contributed by atoms with Gasteiger partial charge in [-0.3, -0.25) is 4.99 Å². The molecule has 23 heavy (non-hydrogen) atoms. The zero-order valence-electron chi connectivity index (χ0n) is 14.1. The van der Waals surface area contributed by atoms with Gasteiger partial charge in [0.25, 0.3) is 0 Å². The number of guanidine groups is 1. The molecule has 0 aliphatic rings. The molecular formula is C19H27N3O. The predicted molar refractivity (Wildman–Crippen MR) is 98.1 cm³/mol. The predicted octanol–water partition coefficient (Wildman–Crippen LogP) is 2.97. The van der Waals surface area contributed by atoms with Crippen molar-refractivity contribution in [2.75, 3.05) is 33.4 Å². The van der Waals surface area contributed by atoms with Gasteiger partial charge in [-0.15, -0.1) is 0 Å². The highest BCUT2D eigenvalue weighted by molar-refractivity contribution is 5.83. The van der Waals surface area contributed by atoms with Crippen LogP contribution in [0.4, 0.5) is 0 Å². The van der Waals surface area contributed by atoms with E-state index in [-0.39, 0.29) is 0 Å². The molecule has 124 valence electrons. The Bertz CT molecular complexity index is 625. The first-order valence-corrected chi connectivity index (χ1v) is 8.33. The van der Waals surface area contributed by atoms with Crippen molar-refractivity contribution in [3.8, 4) is 0 Å². The second kappa shape index (κ2) is 9.85. The Morgan fingerprint density at radius 1 is 1.04 bits per heavy atom. The molecular weight excluding hydrogens is 286 g/mol. The summed E-state index contributed by atoms with van der Waals surface area (Å²) < 4.78 is 5.32. The molecule has 0 aliphatic heterocycles. The standard InChI is InChI=1S/C19H27N3O/c1-3-23-14-6-12-21-19(20-2)22-13-11-16-9-10-17-7-4-5-8-18(17)15-16/h4-5,7-10,15H,3,6,11-14H2,1-2H3,(H2,20,21,22). The number of fused-ring (bicyclic) bond motifs is 1. The third-order valence-electron chi connectivity index (χ3n) is 3.71. The molecule has 0 atom stereocenters. The summed E-state index contributed by atoms with van der Waals surface area (Å²) in [5.41, 5.74) is 1.34. The summed E-state index contributed by atoms with van der Waals surface area (Å²) in [4.78, 5) is 4.24. The third kappa shape index (κ3) is 5.91. The average molecular weight is 313 g/mol. The van der Waals surface area contributed by atoms with E-state index in [9.17, 15) is 0 Å². The van der Waals surface area contributed by atoms with Crippen LogP contribution < -0.4 is 10.6 Å². The molecule has 0 aliphatic carbocycles. The number of hydrogen-bond donors (Lipinski definition) is 2. The Hall–Kier alpha value is -2.07. The number of nitrogens with zero attached hydrogens (tertiary/aromatic N) is 1. The highest BCUT2D eigenvalue weighted by Gasteiger charge is 1.99. The maximum Gasteiger partial charge on any atom is 0.190 e. The van der Waals surface area contributed by atoms with Crippen molar-refractivity contribution in [3.05, 3.63) is 48.0 Å². The summed E-state index contributed by atoms with van der Waals surface area (Å²) in [6.07, 6.45) is 1.96. The van der Waals surface area contributed by atoms with Crippen LogP contribution in [-0.4, -0.2) is 39.3 Å². The van der Waals surface area contributed by atoms with Gasteiger partial charge < -0.3 is 15.4 Å². The average Bonchev–Trinajstić information content (AvgIpc) is 2.60. The minimum atomic E-state index is 0.777. The molecule has 0 spiro atoms. The Morgan fingerprint density at radius 3 is 2.61 bits per heavy atom. The van der Waals surface area contributed by atoms with Crippen LogP contribution in [0.15, 0.2) is 47.5 Å². The van der Waals surface area contributed by atoms with Gasteiger partial charge in [0.2, 0.25) is 0 Å². The molecule has 0 saturated carbocycles. The molecule has 0 amide bonds. The van der Waals surface area contributed by atoms with Crippen LogP contribution in [0.5, 0.6) is 0 Å². The van der Waals surface area contributed by atoms with Crippen molar-refractivity contribution in [2.24, 2.45) is 4.99 Å². The first kappa shape index (κ1) is 17.3. The Labute approximate surface area is 139 Å². The highest BCUT2D eigenvalue weighted by Crippen LogP contribution is 2.15. The van der Waals surface area contributed by atoms with E-state index in [1.54, 1.807) is 7.05 Å². The number of rotatable bonds is 8. The molecule has 2 aromatic rings. The summed E-state index contributed by atoms with van der Waals surface area (Å²) in [5.74, 6) is 0.849. The SMILES string of the molecule is CCOCCCNC(=NC)NCCc1ccc2ccccc2c1. The van der Waals surface area contributed by atoms with Crippen molar-refractivity contribution < 1.29 is 4.74 Å². The van der Waals surface area contributed by atoms with Crippen LogP contribution in [0, 0.1) is 0 Å². The van der Waals surface area contributed by atoms with Crippen LogP contribution in [-0.2, 0) is 11.2 Å². The Kier molecular flexibility index (Phi) is 7.40. The largest absolute Gasteiger partial charge is 0.382 e.